The zero-order valence-electron chi connectivity index (χ0n) is 20.1. The van der Waals surface area contributed by atoms with Gasteiger partial charge in [-0.3, -0.25) is 14.5 Å². The molecule has 186 valence electrons. The Morgan fingerprint density at radius 2 is 1.92 bits per heavy atom. The predicted molar refractivity (Wildman–Crippen MR) is 141 cm³/mol. The van der Waals surface area contributed by atoms with Gasteiger partial charge in [0.05, 0.1) is 22.5 Å². The molecule has 1 saturated carbocycles. The van der Waals surface area contributed by atoms with E-state index in [0.717, 1.165) is 57.3 Å². The molecule has 3 fully saturated rings. The highest BCUT2D eigenvalue weighted by Crippen LogP contribution is 2.46. The van der Waals surface area contributed by atoms with E-state index in [9.17, 15) is 9.59 Å². The van der Waals surface area contributed by atoms with Gasteiger partial charge in [-0.1, -0.05) is 11.6 Å². The van der Waals surface area contributed by atoms with Crippen molar-refractivity contribution in [1.29, 1.82) is 0 Å². The lowest BCUT2D eigenvalue weighted by Gasteiger charge is -2.41. The molecule has 4 aliphatic rings. The molecule has 3 aliphatic heterocycles. The molecule has 2 aromatic heterocycles. The van der Waals surface area contributed by atoms with Crippen LogP contribution in [0.3, 0.4) is 0 Å². The van der Waals surface area contributed by atoms with Crippen LogP contribution in [0.2, 0.25) is 5.02 Å². The number of aryl methyl sites for hydroxylation is 1. The number of halogens is 1. The quantitative estimate of drug-likeness (QED) is 0.501. The molecule has 7 nitrogen and oxygen atoms in total. The molecule has 9 heteroatoms. The Morgan fingerprint density at radius 3 is 2.67 bits per heavy atom. The van der Waals surface area contributed by atoms with Gasteiger partial charge in [0.1, 0.15) is 6.33 Å². The van der Waals surface area contributed by atoms with E-state index in [-0.39, 0.29) is 11.8 Å². The number of benzene rings is 1. The fraction of sp³-hybridized carbons (Fsp3) is 0.481. The molecule has 0 unspecified atom stereocenters. The Kier molecular flexibility index (Phi) is 5.34. The van der Waals surface area contributed by atoms with Crippen molar-refractivity contribution < 1.29 is 9.59 Å². The van der Waals surface area contributed by atoms with Gasteiger partial charge in [0.25, 0.3) is 0 Å². The highest BCUT2D eigenvalue weighted by molar-refractivity contribution is 7.19. The standard InChI is InChI=1S/C27H28ClN5O2S/c28-17-9-16-3-1-8-32(18-12-27(31-13-18)6-2-7-27)25(16)20(10-17)24-26-21(29-15-30-24)11-19(36-26)14-33-22(34)4-5-23(33)35/h9-11,15,18,31H,1-8,12-14H2/t18-/m0/s1. The van der Waals surface area contributed by atoms with Crippen LogP contribution in [0.1, 0.15) is 55.4 Å². The summed E-state index contributed by atoms with van der Waals surface area (Å²) < 4.78 is 0.974. The monoisotopic (exact) mass is 521 g/mol. The van der Waals surface area contributed by atoms with E-state index in [1.807, 2.05) is 6.07 Å². The van der Waals surface area contributed by atoms with Crippen LogP contribution in [0.25, 0.3) is 21.5 Å². The Hall–Kier alpha value is -2.55. The van der Waals surface area contributed by atoms with Crippen LogP contribution in [0.5, 0.6) is 0 Å². The molecule has 1 spiro atoms. The largest absolute Gasteiger partial charge is 0.366 e. The average Bonchev–Trinajstić information content (AvgIpc) is 3.56. The van der Waals surface area contributed by atoms with E-state index in [4.69, 9.17) is 16.6 Å². The Balaban J connectivity index is 1.30. The summed E-state index contributed by atoms with van der Waals surface area (Å²) in [6.45, 7) is 2.35. The van der Waals surface area contributed by atoms with E-state index >= 15 is 0 Å². The first kappa shape index (κ1) is 22.6. The molecule has 0 bridgehead atoms. The smallest absolute Gasteiger partial charge is 0.230 e. The van der Waals surface area contributed by atoms with Crippen LogP contribution in [0.4, 0.5) is 5.69 Å². The van der Waals surface area contributed by atoms with Crippen molar-refractivity contribution in [3.63, 3.8) is 0 Å². The third kappa shape index (κ3) is 3.64. The van der Waals surface area contributed by atoms with Crippen LogP contribution in [-0.4, -0.2) is 51.4 Å². The lowest BCUT2D eigenvalue weighted by Crippen LogP contribution is -2.46. The van der Waals surface area contributed by atoms with E-state index in [0.29, 0.717) is 31.0 Å². The van der Waals surface area contributed by atoms with Gasteiger partial charge in [-0.05, 0) is 62.3 Å². The number of amides is 2. The second-order valence-electron chi connectivity index (χ2n) is 10.7. The first-order valence-corrected chi connectivity index (χ1v) is 14.1. The second-order valence-corrected chi connectivity index (χ2v) is 12.2. The number of carbonyl (C=O) groups is 2. The van der Waals surface area contributed by atoms with E-state index < -0.39 is 0 Å². The molecule has 2 amide bonds. The lowest BCUT2D eigenvalue weighted by molar-refractivity contribution is -0.138. The molecule has 36 heavy (non-hydrogen) atoms. The summed E-state index contributed by atoms with van der Waals surface area (Å²) in [6.07, 6.45) is 9.42. The number of fused-ring (bicyclic) bond motifs is 2. The summed E-state index contributed by atoms with van der Waals surface area (Å²) in [5.74, 6) is -0.199. The van der Waals surface area contributed by atoms with Gasteiger partial charge in [0.2, 0.25) is 11.8 Å². The topological polar surface area (TPSA) is 78.4 Å². The molecule has 1 atom stereocenters. The van der Waals surface area contributed by atoms with Gasteiger partial charge in [-0.2, -0.15) is 0 Å². The molecule has 1 N–H and O–H groups in total. The van der Waals surface area contributed by atoms with Gasteiger partial charge in [-0.15, -0.1) is 11.3 Å². The summed E-state index contributed by atoms with van der Waals surface area (Å²) in [7, 11) is 0. The number of hydrogen-bond donors (Lipinski definition) is 1. The summed E-state index contributed by atoms with van der Waals surface area (Å²) in [5.41, 5.74) is 5.66. The molecule has 1 aliphatic carbocycles. The molecular weight excluding hydrogens is 494 g/mol. The average molecular weight is 522 g/mol. The maximum Gasteiger partial charge on any atom is 0.230 e. The van der Waals surface area contributed by atoms with E-state index in [1.165, 1.54) is 41.8 Å². The normalized spacial score (nSPS) is 23.1. The van der Waals surface area contributed by atoms with Crippen molar-refractivity contribution in [2.45, 2.75) is 69.5 Å². The highest BCUT2D eigenvalue weighted by atomic mass is 35.5. The number of rotatable bonds is 4. The van der Waals surface area contributed by atoms with Crippen molar-refractivity contribution in [3.8, 4) is 11.3 Å². The Labute approximate surface area is 218 Å². The number of nitrogens with one attached hydrogen (secondary N) is 1. The SMILES string of the molecule is O=C1CCC(=O)N1Cc1cc2ncnc(-c3cc(Cl)cc4c3N([C@@H]3CNC5(CCC5)C3)CCC4)c2s1. The zero-order chi connectivity index (χ0) is 24.4. The second kappa shape index (κ2) is 8.50. The fourth-order valence-electron chi connectivity index (χ4n) is 6.55. The minimum Gasteiger partial charge on any atom is -0.366 e. The van der Waals surface area contributed by atoms with Gasteiger partial charge in [-0.25, -0.2) is 9.97 Å². The number of thiophene rings is 1. The van der Waals surface area contributed by atoms with Gasteiger partial charge < -0.3 is 10.2 Å². The van der Waals surface area contributed by atoms with Crippen LogP contribution < -0.4 is 10.2 Å². The van der Waals surface area contributed by atoms with Crippen LogP contribution in [0, 0.1) is 0 Å². The van der Waals surface area contributed by atoms with Crippen molar-refractivity contribution >= 4 is 50.7 Å². The van der Waals surface area contributed by atoms with Crippen LogP contribution >= 0.6 is 22.9 Å². The van der Waals surface area contributed by atoms with Crippen molar-refractivity contribution in [2.24, 2.45) is 0 Å². The van der Waals surface area contributed by atoms with Crippen molar-refractivity contribution in [3.05, 3.63) is 40.0 Å². The van der Waals surface area contributed by atoms with E-state index in [2.05, 4.69) is 27.3 Å². The molecule has 2 saturated heterocycles. The van der Waals surface area contributed by atoms with Crippen molar-refractivity contribution in [2.75, 3.05) is 18.0 Å². The number of likely N-dealkylation sites (tertiary alicyclic amines) is 1. The first-order valence-electron chi connectivity index (χ1n) is 12.9. The Bertz CT molecular complexity index is 1380. The number of anilines is 1. The summed E-state index contributed by atoms with van der Waals surface area (Å²) in [6, 6.07) is 6.62. The summed E-state index contributed by atoms with van der Waals surface area (Å²) in [4.78, 5) is 38.6. The molecule has 5 heterocycles. The lowest BCUT2D eigenvalue weighted by atomic mass is 9.75. The number of hydrogen-bond acceptors (Lipinski definition) is 7. The van der Waals surface area contributed by atoms with E-state index in [1.54, 1.807) is 17.7 Å². The molecule has 1 aromatic carbocycles. The first-order chi connectivity index (χ1) is 17.5. The maximum absolute atomic E-state index is 12.2. The predicted octanol–water partition coefficient (Wildman–Crippen LogP) is 4.70. The molecule has 3 aromatic rings. The minimum atomic E-state index is -0.0993. The van der Waals surface area contributed by atoms with Crippen LogP contribution in [-0.2, 0) is 22.6 Å². The molecule has 7 rings (SSSR count). The molecular formula is C27H28ClN5O2S. The fourth-order valence-corrected chi connectivity index (χ4v) is 7.89. The van der Waals surface area contributed by atoms with Gasteiger partial charge >= 0.3 is 0 Å². The number of aromatic nitrogens is 2. The Morgan fingerprint density at radius 1 is 1.08 bits per heavy atom. The highest BCUT2D eigenvalue weighted by Gasteiger charge is 2.45. The number of carbonyl (C=O) groups excluding carboxylic acids is 2. The third-order valence-electron chi connectivity index (χ3n) is 8.46. The van der Waals surface area contributed by atoms with Crippen LogP contribution in [0.15, 0.2) is 24.5 Å². The zero-order valence-corrected chi connectivity index (χ0v) is 21.6. The third-order valence-corrected chi connectivity index (χ3v) is 9.80. The van der Waals surface area contributed by atoms with Gasteiger partial charge in [0.15, 0.2) is 0 Å². The minimum absolute atomic E-state index is 0.0993. The summed E-state index contributed by atoms with van der Waals surface area (Å²) in [5, 5.41) is 4.57. The molecule has 0 radical (unpaired) electrons. The van der Waals surface area contributed by atoms with Crippen molar-refractivity contribution in [1.82, 2.24) is 20.2 Å². The number of nitrogens with zero attached hydrogens (tertiary/aromatic N) is 4. The maximum atomic E-state index is 12.2. The number of imide groups is 1. The van der Waals surface area contributed by atoms with Gasteiger partial charge in [0, 0.05) is 58.7 Å². The summed E-state index contributed by atoms with van der Waals surface area (Å²) >= 11 is 8.23.